The second-order valence-electron chi connectivity index (χ2n) is 5.18. The average molecular weight is 228 g/mol. The Morgan fingerprint density at radius 2 is 2.00 bits per heavy atom. The van der Waals surface area contributed by atoms with Gasteiger partial charge in [-0.1, -0.05) is 32.0 Å². The number of hydrogen-bond acceptors (Lipinski definition) is 3. The Labute approximate surface area is 101 Å². The van der Waals surface area contributed by atoms with Crippen molar-refractivity contribution in [2.75, 3.05) is 5.32 Å². The molecule has 2 rings (SSSR count). The van der Waals surface area contributed by atoms with E-state index in [9.17, 15) is 4.79 Å². The number of nitrogens with one attached hydrogen (secondary N) is 1. The molecule has 0 aromatic heterocycles. The molecule has 3 nitrogen and oxygen atoms in total. The van der Waals surface area contributed by atoms with Crippen molar-refractivity contribution in [1.29, 1.82) is 5.26 Å². The predicted molar refractivity (Wildman–Crippen MR) is 66.4 cm³/mol. The smallest absolute Gasteiger partial charge is 0.157 e. The maximum absolute atomic E-state index is 12.0. The van der Waals surface area contributed by atoms with Gasteiger partial charge in [0, 0.05) is 17.1 Å². The van der Waals surface area contributed by atoms with Crippen molar-refractivity contribution in [3.05, 3.63) is 30.3 Å². The summed E-state index contributed by atoms with van der Waals surface area (Å²) in [5, 5.41) is 12.4. The van der Waals surface area contributed by atoms with Crippen molar-refractivity contribution >= 4 is 11.5 Å². The number of anilines is 1. The normalized spacial score (nSPS) is 26.5. The van der Waals surface area contributed by atoms with Crippen LogP contribution < -0.4 is 5.32 Å². The zero-order valence-corrected chi connectivity index (χ0v) is 10.1. The topological polar surface area (TPSA) is 52.9 Å². The number of carbonyl (C=O) groups is 1. The highest BCUT2D eigenvalue weighted by Crippen LogP contribution is 2.38. The predicted octanol–water partition coefficient (Wildman–Crippen LogP) is 2.61. The molecule has 1 fully saturated rings. The molecule has 1 N–H and O–H groups in total. The molecular formula is C14H16N2O. The minimum Gasteiger partial charge on any atom is -0.380 e. The number of rotatable bonds is 2. The molecule has 2 atom stereocenters. The van der Waals surface area contributed by atoms with E-state index in [2.05, 4.69) is 11.4 Å². The molecule has 1 aromatic carbocycles. The Morgan fingerprint density at radius 1 is 1.35 bits per heavy atom. The highest BCUT2D eigenvalue weighted by Gasteiger charge is 2.47. The van der Waals surface area contributed by atoms with Crippen LogP contribution in [-0.4, -0.2) is 11.8 Å². The Bertz CT molecular complexity index is 459. The van der Waals surface area contributed by atoms with Crippen LogP contribution in [0.15, 0.2) is 30.3 Å². The van der Waals surface area contributed by atoms with E-state index in [0.29, 0.717) is 6.42 Å². The number of Topliss-reactive ketones (excluding diaryl/α,β-unsaturated/α-hetero) is 1. The van der Waals surface area contributed by atoms with Gasteiger partial charge in [0.15, 0.2) is 5.78 Å². The first-order valence-electron chi connectivity index (χ1n) is 5.80. The van der Waals surface area contributed by atoms with Crippen LogP contribution in [0.25, 0.3) is 0 Å². The lowest BCUT2D eigenvalue weighted by Gasteiger charge is -2.17. The fraction of sp³-hybridized carbons (Fsp3) is 0.429. The van der Waals surface area contributed by atoms with Crippen molar-refractivity contribution < 1.29 is 4.79 Å². The second kappa shape index (κ2) is 4.21. The molecule has 0 amide bonds. The van der Waals surface area contributed by atoms with Crippen molar-refractivity contribution in [1.82, 2.24) is 0 Å². The van der Waals surface area contributed by atoms with Crippen molar-refractivity contribution in [3.8, 4) is 6.07 Å². The molecule has 3 heteroatoms. The van der Waals surface area contributed by atoms with Crippen LogP contribution >= 0.6 is 0 Å². The van der Waals surface area contributed by atoms with Crippen molar-refractivity contribution in [3.63, 3.8) is 0 Å². The summed E-state index contributed by atoms with van der Waals surface area (Å²) in [6, 6.07) is 11.8. The quantitative estimate of drug-likeness (QED) is 0.846. The summed E-state index contributed by atoms with van der Waals surface area (Å²) in [7, 11) is 0. The molecule has 1 aliphatic carbocycles. The summed E-state index contributed by atoms with van der Waals surface area (Å²) < 4.78 is 0. The number of nitrogens with zero attached hydrogens (tertiary/aromatic N) is 1. The van der Waals surface area contributed by atoms with E-state index in [0.717, 1.165) is 5.69 Å². The van der Waals surface area contributed by atoms with Gasteiger partial charge in [0.2, 0.25) is 0 Å². The molecule has 0 unspecified atom stereocenters. The van der Waals surface area contributed by atoms with Crippen LogP contribution in [0.4, 0.5) is 5.69 Å². The Morgan fingerprint density at radius 3 is 2.59 bits per heavy atom. The molecule has 1 aliphatic rings. The summed E-state index contributed by atoms with van der Waals surface area (Å²) in [5.74, 6) is -0.487. The summed E-state index contributed by atoms with van der Waals surface area (Å²) in [6.07, 6.45) is 0.707. The molecule has 0 saturated heterocycles. The SMILES string of the molecule is CC1(C)C[C@H](Nc2ccccc2)[C@@H](C#N)C1=O. The van der Waals surface area contributed by atoms with Gasteiger partial charge in [-0.15, -0.1) is 0 Å². The van der Waals surface area contributed by atoms with Gasteiger partial charge in [0.25, 0.3) is 0 Å². The molecule has 1 saturated carbocycles. The third-order valence-corrected chi connectivity index (χ3v) is 3.35. The standard InChI is InChI=1S/C14H16N2O/c1-14(2)8-12(11(9-15)13(14)17)16-10-6-4-3-5-7-10/h3-7,11-12,16H,8H2,1-2H3/t11-,12+/m1/s1. The van der Waals surface area contributed by atoms with E-state index in [4.69, 9.17) is 5.26 Å². The van der Waals surface area contributed by atoms with Gasteiger partial charge in [-0.3, -0.25) is 4.79 Å². The molecule has 17 heavy (non-hydrogen) atoms. The zero-order valence-electron chi connectivity index (χ0n) is 10.1. The van der Waals surface area contributed by atoms with Gasteiger partial charge in [-0.2, -0.15) is 5.26 Å². The minimum atomic E-state index is -0.537. The number of para-hydroxylation sites is 1. The number of nitriles is 1. The van der Waals surface area contributed by atoms with Gasteiger partial charge < -0.3 is 5.32 Å². The fourth-order valence-electron chi connectivity index (χ4n) is 2.40. The molecule has 0 radical (unpaired) electrons. The molecule has 88 valence electrons. The van der Waals surface area contributed by atoms with Gasteiger partial charge in [-0.05, 0) is 18.6 Å². The van der Waals surface area contributed by atoms with Gasteiger partial charge in [-0.25, -0.2) is 0 Å². The van der Waals surface area contributed by atoms with Crippen LogP contribution in [0, 0.1) is 22.7 Å². The second-order valence-corrected chi connectivity index (χ2v) is 5.18. The first-order valence-corrected chi connectivity index (χ1v) is 5.80. The monoisotopic (exact) mass is 228 g/mol. The van der Waals surface area contributed by atoms with Gasteiger partial charge >= 0.3 is 0 Å². The lowest BCUT2D eigenvalue weighted by Crippen LogP contribution is -2.26. The Kier molecular flexibility index (Phi) is 2.89. The molecule has 0 spiro atoms. The van der Waals surface area contributed by atoms with Crippen LogP contribution in [0.1, 0.15) is 20.3 Å². The summed E-state index contributed by atoms with van der Waals surface area (Å²) >= 11 is 0. The Hall–Kier alpha value is -1.82. The van der Waals surface area contributed by atoms with Crippen molar-refractivity contribution in [2.24, 2.45) is 11.3 Å². The molecule has 0 aliphatic heterocycles. The van der Waals surface area contributed by atoms with Gasteiger partial charge in [0.1, 0.15) is 5.92 Å². The number of hydrogen-bond donors (Lipinski definition) is 1. The van der Waals surface area contributed by atoms with E-state index in [1.165, 1.54) is 0 Å². The number of ketones is 1. The largest absolute Gasteiger partial charge is 0.380 e. The lowest BCUT2D eigenvalue weighted by atomic mass is 9.89. The van der Waals surface area contributed by atoms with E-state index in [1.807, 2.05) is 44.2 Å². The van der Waals surface area contributed by atoms with Crippen LogP contribution in [0.3, 0.4) is 0 Å². The summed E-state index contributed by atoms with van der Waals surface area (Å²) in [5.41, 5.74) is 0.565. The first kappa shape index (κ1) is 11.7. The fourth-order valence-corrected chi connectivity index (χ4v) is 2.40. The summed E-state index contributed by atoms with van der Waals surface area (Å²) in [6.45, 7) is 3.82. The Balaban J connectivity index is 2.18. The van der Waals surface area contributed by atoms with Gasteiger partial charge in [0.05, 0.1) is 6.07 Å². The van der Waals surface area contributed by atoms with E-state index >= 15 is 0 Å². The van der Waals surface area contributed by atoms with Crippen LogP contribution in [0.5, 0.6) is 0 Å². The summed E-state index contributed by atoms with van der Waals surface area (Å²) in [4.78, 5) is 12.0. The molecule has 0 heterocycles. The number of carbonyl (C=O) groups excluding carboxylic acids is 1. The van der Waals surface area contributed by atoms with E-state index in [-0.39, 0.29) is 11.8 Å². The maximum Gasteiger partial charge on any atom is 0.157 e. The third kappa shape index (κ3) is 2.16. The highest BCUT2D eigenvalue weighted by molar-refractivity contribution is 5.92. The number of benzene rings is 1. The van der Waals surface area contributed by atoms with E-state index in [1.54, 1.807) is 0 Å². The third-order valence-electron chi connectivity index (χ3n) is 3.35. The molecule has 0 bridgehead atoms. The molecule has 1 aromatic rings. The lowest BCUT2D eigenvalue weighted by molar-refractivity contribution is -0.126. The highest BCUT2D eigenvalue weighted by atomic mass is 16.1. The average Bonchev–Trinajstić information content (AvgIpc) is 2.51. The maximum atomic E-state index is 12.0. The first-order chi connectivity index (χ1) is 8.04. The van der Waals surface area contributed by atoms with Crippen molar-refractivity contribution in [2.45, 2.75) is 26.3 Å². The van der Waals surface area contributed by atoms with E-state index < -0.39 is 11.3 Å². The molecular weight excluding hydrogens is 212 g/mol. The minimum absolute atomic E-state index is 0.0495. The van der Waals surface area contributed by atoms with Crippen LogP contribution in [-0.2, 0) is 4.79 Å². The van der Waals surface area contributed by atoms with Crippen LogP contribution in [0.2, 0.25) is 0 Å². The zero-order chi connectivity index (χ0) is 12.5.